The fraction of sp³-hybridized carbons (Fsp3) is 0.350. The quantitative estimate of drug-likeness (QED) is 0.589. The Morgan fingerprint density at radius 3 is 2.69 bits per heavy atom. The van der Waals surface area contributed by atoms with E-state index in [1.165, 1.54) is 0 Å². The number of ether oxygens (including phenoxy) is 2. The van der Waals surface area contributed by atoms with Crippen LogP contribution in [-0.4, -0.2) is 18.1 Å². The molecule has 2 heterocycles. The normalized spacial score (nSPS) is 12.3. The summed E-state index contributed by atoms with van der Waals surface area (Å²) in [6, 6.07) is 11.9. The van der Waals surface area contributed by atoms with Gasteiger partial charge in [-0.25, -0.2) is 4.98 Å². The van der Waals surface area contributed by atoms with Crippen LogP contribution in [0.15, 0.2) is 46.2 Å². The Bertz CT molecular complexity index is 791. The van der Waals surface area contributed by atoms with Crippen LogP contribution in [-0.2, 0) is 11.3 Å². The van der Waals surface area contributed by atoms with Gasteiger partial charge in [-0.05, 0) is 56.0 Å². The minimum Gasteiger partial charge on any atom is -0.487 e. The van der Waals surface area contributed by atoms with Crippen molar-refractivity contribution < 1.29 is 13.9 Å². The van der Waals surface area contributed by atoms with Crippen molar-refractivity contribution in [2.24, 2.45) is 5.73 Å². The zero-order valence-corrected chi connectivity index (χ0v) is 15.9. The maximum absolute atomic E-state index is 5.87. The SMILES string of the molecule is CCOC(CCN)c1ccc(OCc2nc(-c3cccs3)oc2C)cc1. The molecule has 1 aromatic carbocycles. The van der Waals surface area contributed by atoms with E-state index in [1.54, 1.807) is 11.3 Å². The summed E-state index contributed by atoms with van der Waals surface area (Å²) in [7, 11) is 0. The molecule has 0 aliphatic rings. The molecule has 3 rings (SSSR count). The molecular formula is C20H24N2O3S. The van der Waals surface area contributed by atoms with Gasteiger partial charge in [0.15, 0.2) is 0 Å². The summed E-state index contributed by atoms with van der Waals surface area (Å²) in [6.45, 7) is 5.54. The predicted octanol–water partition coefficient (Wildman–Crippen LogP) is 4.72. The molecule has 0 aliphatic carbocycles. The molecule has 0 radical (unpaired) electrons. The molecule has 0 fully saturated rings. The van der Waals surface area contributed by atoms with E-state index in [-0.39, 0.29) is 6.10 Å². The van der Waals surface area contributed by atoms with Crippen LogP contribution in [0.2, 0.25) is 0 Å². The highest BCUT2D eigenvalue weighted by atomic mass is 32.1. The Hall–Kier alpha value is -2.15. The van der Waals surface area contributed by atoms with E-state index < -0.39 is 0 Å². The minimum absolute atomic E-state index is 0.0326. The molecular weight excluding hydrogens is 348 g/mol. The third-order valence-corrected chi connectivity index (χ3v) is 4.91. The summed E-state index contributed by atoms with van der Waals surface area (Å²) in [5, 5.41) is 2.01. The van der Waals surface area contributed by atoms with Crippen molar-refractivity contribution in [1.82, 2.24) is 4.98 Å². The van der Waals surface area contributed by atoms with Gasteiger partial charge in [-0.1, -0.05) is 18.2 Å². The number of hydrogen-bond donors (Lipinski definition) is 1. The minimum atomic E-state index is 0.0326. The number of aromatic nitrogens is 1. The fourth-order valence-corrected chi connectivity index (χ4v) is 3.35. The van der Waals surface area contributed by atoms with E-state index in [0.717, 1.165) is 34.1 Å². The maximum atomic E-state index is 5.87. The summed E-state index contributed by atoms with van der Waals surface area (Å²) >= 11 is 1.61. The van der Waals surface area contributed by atoms with Gasteiger partial charge < -0.3 is 19.6 Å². The van der Waals surface area contributed by atoms with Crippen molar-refractivity contribution in [3.63, 3.8) is 0 Å². The predicted molar refractivity (Wildman–Crippen MR) is 103 cm³/mol. The van der Waals surface area contributed by atoms with Crippen LogP contribution in [0.25, 0.3) is 10.8 Å². The third-order valence-electron chi connectivity index (χ3n) is 4.05. The summed E-state index contributed by atoms with van der Waals surface area (Å²) in [5.74, 6) is 2.22. The van der Waals surface area contributed by atoms with Crippen molar-refractivity contribution in [2.75, 3.05) is 13.2 Å². The summed E-state index contributed by atoms with van der Waals surface area (Å²) in [6.07, 6.45) is 0.836. The van der Waals surface area contributed by atoms with E-state index >= 15 is 0 Å². The molecule has 0 spiro atoms. The molecule has 138 valence electrons. The average molecular weight is 372 g/mol. The molecule has 2 N–H and O–H groups in total. The van der Waals surface area contributed by atoms with Gasteiger partial charge in [-0.15, -0.1) is 11.3 Å². The Morgan fingerprint density at radius 1 is 1.23 bits per heavy atom. The molecule has 3 aromatic rings. The van der Waals surface area contributed by atoms with Crippen molar-refractivity contribution in [3.8, 4) is 16.5 Å². The van der Waals surface area contributed by atoms with Crippen LogP contribution < -0.4 is 10.5 Å². The first-order valence-electron chi connectivity index (χ1n) is 8.76. The fourth-order valence-electron chi connectivity index (χ4n) is 2.70. The zero-order valence-electron chi connectivity index (χ0n) is 15.1. The van der Waals surface area contributed by atoms with E-state index in [9.17, 15) is 0 Å². The van der Waals surface area contributed by atoms with Gasteiger partial charge in [0.25, 0.3) is 0 Å². The molecule has 26 heavy (non-hydrogen) atoms. The van der Waals surface area contributed by atoms with Crippen molar-refractivity contribution in [2.45, 2.75) is 33.0 Å². The number of thiophene rings is 1. The lowest BCUT2D eigenvalue weighted by molar-refractivity contribution is 0.0580. The summed E-state index contributed by atoms with van der Waals surface area (Å²) < 4.78 is 17.4. The van der Waals surface area contributed by atoms with Crippen LogP contribution in [0.3, 0.4) is 0 Å². The number of aryl methyl sites for hydroxylation is 1. The number of nitrogens with zero attached hydrogens (tertiary/aromatic N) is 1. The van der Waals surface area contributed by atoms with Gasteiger partial charge in [0, 0.05) is 6.61 Å². The lowest BCUT2D eigenvalue weighted by Crippen LogP contribution is -2.10. The second-order valence-corrected chi connectivity index (χ2v) is 6.83. The van der Waals surface area contributed by atoms with Crippen LogP contribution >= 0.6 is 11.3 Å². The largest absolute Gasteiger partial charge is 0.487 e. The van der Waals surface area contributed by atoms with E-state index in [1.807, 2.05) is 55.6 Å². The molecule has 0 saturated heterocycles. The number of hydrogen-bond acceptors (Lipinski definition) is 6. The highest BCUT2D eigenvalue weighted by Crippen LogP contribution is 2.27. The molecule has 0 aliphatic heterocycles. The van der Waals surface area contributed by atoms with Gasteiger partial charge in [0.05, 0.1) is 11.0 Å². The molecule has 5 nitrogen and oxygen atoms in total. The van der Waals surface area contributed by atoms with Crippen molar-refractivity contribution >= 4 is 11.3 Å². The second-order valence-electron chi connectivity index (χ2n) is 5.88. The first-order chi connectivity index (χ1) is 12.7. The Balaban J connectivity index is 1.63. The topological polar surface area (TPSA) is 70.5 Å². The van der Waals surface area contributed by atoms with Crippen LogP contribution in [0.5, 0.6) is 5.75 Å². The number of nitrogens with two attached hydrogens (primary N) is 1. The molecule has 1 atom stereocenters. The van der Waals surface area contributed by atoms with E-state index in [4.69, 9.17) is 19.6 Å². The lowest BCUT2D eigenvalue weighted by Gasteiger charge is -2.17. The van der Waals surface area contributed by atoms with Crippen LogP contribution in [0.1, 0.15) is 36.5 Å². The summed E-state index contributed by atoms with van der Waals surface area (Å²) in [4.78, 5) is 5.57. The van der Waals surface area contributed by atoms with E-state index in [2.05, 4.69) is 4.98 Å². The Labute approximate surface area is 157 Å². The molecule has 0 bridgehead atoms. The van der Waals surface area contributed by atoms with Crippen molar-refractivity contribution in [3.05, 3.63) is 58.8 Å². The number of oxazole rings is 1. The third kappa shape index (κ3) is 4.52. The first kappa shape index (κ1) is 18.6. The molecule has 2 aromatic heterocycles. The maximum Gasteiger partial charge on any atom is 0.236 e. The van der Waals surface area contributed by atoms with Gasteiger partial charge in [-0.3, -0.25) is 0 Å². The number of rotatable bonds is 9. The Kier molecular flexibility index (Phi) is 6.44. The van der Waals surface area contributed by atoms with Gasteiger partial charge in [0.2, 0.25) is 5.89 Å². The van der Waals surface area contributed by atoms with Crippen LogP contribution in [0, 0.1) is 6.92 Å². The monoisotopic (exact) mass is 372 g/mol. The lowest BCUT2D eigenvalue weighted by atomic mass is 10.1. The summed E-state index contributed by atoms with van der Waals surface area (Å²) in [5.41, 5.74) is 7.60. The Morgan fingerprint density at radius 2 is 2.04 bits per heavy atom. The van der Waals surface area contributed by atoms with E-state index in [0.29, 0.717) is 25.6 Å². The van der Waals surface area contributed by atoms with Gasteiger partial charge in [-0.2, -0.15) is 0 Å². The molecule has 1 unspecified atom stereocenters. The first-order valence-corrected chi connectivity index (χ1v) is 9.63. The standard InChI is InChI=1S/C20H24N2O3S/c1-3-23-18(10-11-21)15-6-8-16(9-7-15)24-13-17-14(2)25-20(22-17)19-5-4-12-26-19/h4-9,12,18H,3,10-11,13,21H2,1-2H3. The van der Waals surface area contributed by atoms with Crippen molar-refractivity contribution in [1.29, 1.82) is 0 Å². The molecule has 0 saturated carbocycles. The van der Waals surface area contributed by atoms with Crippen LogP contribution in [0.4, 0.5) is 0 Å². The smallest absolute Gasteiger partial charge is 0.236 e. The number of benzene rings is 1. The highest BCUT2D eigenvalue weighted by Gasteiger charge is 2.13. The van der Waals surface area contributed by atoms with Gasteiger partial charge in [0.1, 0.15) is 23.8 Å². The zero-order chi connectivity index (χ0) is 18.4. The second kappa shape index (κ2) is 8.98. The van der Waals surface area contributed by atoms with Gasteiger partial charge >= 0.3 is 0 Å². The average Bonchev–Trinajstić information content (AvgIpc) is 3.30. The molecule has 0 amide bonds. The highest BCUT2D eigenvalue weighted by molar-refractivity contribution is 7.13. The molecule has 6 heteroatoms.